The lowest BCUT2D eigenvalue weighted by molar-refractivity contribution is -0.384. The molecule has 0 aliphatic carbocycles. The Kier molecular flexibility index (Phi) is 4.30. The summed E-state index contributed by atoms with van der Waals surface area (Å²) in [5.41, 5.74) is 4.15. The van der Waals surface area contributed by atoms with Crippen LogP contribution in [0.25, 0.3) is 11.3 Å². The molecule has 2 aromatic carbocycles. The number of hydrogen-bond acceptors (Lipinski definition) is 4. The zero-order chi connectivity index (χ0) is 18.0. The van der Waals surface area contributed by atoms with E-state index in [1.165, 1.54) is 18.2 Å². The van der Waals surface area contributed by atoms with Gasteiger partial charge in [-0.2, -0.15) is 5.10 Å². The van der Waals surface area contributed by atoms with Crippen LogP contribution < -0.4 is 5.32 Å². The van der Waals surface area contributed by atoms with Crippen molar-refractivity contribution in [3.05, 3.63) is 75.5 Å². The molecule has 0 aliphatic heterocycles. The normalized spacial score (nSPS) is 10.5. The van der Waals surface area contributed by atoms with Gasteiger partial charge in [0.2, 0.25) is 0 Å². The molecular formula is C18H16N4O3. The molecule has 0 unspecified atom stereocenters. The zero-order valence-electron chi connectivity index (χ0n) is 13.7. The van der Waals surface area contributed by atoms with Crippen molar-refractivity contribution in [2.45, 2.75) is 13.8 Å². The van der Waals surface area contributed by atoms with E-state index in [1.807, 2.05) is 31.2 Å². The van der Waals surface area contributed by atoms with Crippen molar-refractivity contribution >= 4 is 17.3 Å². The average Bonchev–Trinajstić information content (AvgIpc) is 3.07. The maximum atomic E-state index is 12.4. The zero-order valence-corrected chi connectivity index (χ0v) is 13.7. The van der Waals surface area contributed by atoms with Crippen LogP contribution in [0.2, 0.25) is 0 Å². The molecule has 0 spiro atoms. The molecule has 25 heavy (non-hydrogen) atoms. The lowest BCUT2D eigenvalue weighted by atomic mass is 10.1. The van der Waals surface area contributed by atoms with Gasteiger partial charge in [0.25, 0.3) is 11.6 Å². The van der Waals surface area contributed by atoms with Crippen LogP contribution >= 0.6 is 0 Å². The molecule has 3 aromatic rings. The van der Waals surface area contributed by atoms with E-state index >= 15 is 0 Å². The summed E-state index contributed by atoms with van der Waals surface area (Å²) in [5.74, 6) is -0.359. The third-order valence-electron chi connectivity index (χ3n) is 3.84. The Balaban J connectivity index is 1.78. The van der Waals surface area contributed by atoms with Crippen LogP contribution in [0.1, 0.15) is 21.6 Å². The number of aromatic nitrogens is 2. The number of aromatic amines is 1. The number of nitrogens with zero attached hydrogens (tertiary/aromatic N) is 2. The Bertz CT molecular complexity index is 945. The van der Waals surface area contributed by atoms with Gasteiger partial charge in [0.05, 0.1) is 10.6 Å². The van der Waals surface area contributed by atoms with Gasteiger partial charge >= 0.3 is 0 Å². The highest BCUT2D eigenvalue weighted by atomic mass is 16.6. The number of aryl methyl sites for hydroxylation is 2. The number of carbonyl (C=O) groups is 1. The number of rotatable bonds is 4. The van der Waals surface area contributed by atoms with Crippen molar-refractivity contribution in [3.8, 4) is 11.3 Å². The SMILES string of the molecule is Cc1ccc(-c2cc(C(=O)Nc3ccc([N+](=O)[O-])cc3C)[nH]n2)cc1. The number of benzene rings is 2. The second-order valence-electron chi connectivity index (χ2n) is 5.74. The first-order valence-electron chi connectivity index (χ1n) is 7.63. The van der Waals surface area contributed by atoms with Gasteiger partial charge in [-0.25, -0.2) is 0 Å². The van der Waals surface area contributed by atoms with Gasteiger partial charge in [-0.05, 0) is 31.5 Å². The number of H-pyrrole nitrogens is 1. The molecule has 0 radical (unpaired) electrons. The number of hydrogen-bond donors (Lipinski definition) is 2. The number of carbonyl (C=O) groups excluding carboxylic acids is 1. The Morgan fingerprint density at radius 1 is 1.12 bits per heavy atom. The molecule has 1 amide bonds. The first-order chi connectivity index (χ1) is 11.9. The molecule has 7 nitrogen and oxygen atoms in total. The fourth-order valence-corrected chi connectivity index (χ4v) is 2.40. The van der Waals surface area contributed by atoms with Gasteiger partial charge in [-0.3, -0.25) is 20.0 Å². The van der Waals surface area contributed by atoms with Gasteiger partial charge in [-0.15, -0.1) is 0 Å². The summed E-state index contributed by atoms with van der Waals surface area (Å²) < 4.78 is 0. The molecule has 2 N–H and O–H groups in total. The Morgan fingerprint density at radius 3 is 2.48 bits per heavy atom. The molecule has 0 aliphatic rings. The highest BCUT2D eigenvalue weighted by molar-refractivity contribution is 6.03. The third-order valence-corrected chi connectivity index (χ3v) is 3.84. The summed E-state index contributed by atoms with van der Waals surface area (Å²) in [6.45, 7) is 3.70. The Hall–Kier alpha value is -3.48. The first-order valence-corrected chi connectivity index (χ1v) is 7.63. The van der Waals surface area contributed by atoms with E-state index in [0.717, 1.165) is 11.1 Å². The Morgan fingerprint density at radius 2 is 1.84 bits per heavy atom. The number of anilines is 1. The summed E-state index contributed by atoms with van der Waals surface area (Å²) in [6.07, 6.45) is 0. The fourth-order valence-electron chi connectivity index (χ4n) is 2.40. The molecule has 0 fully saturated rings. The van der Waals surface area contributed by atoms with Crippen molar-refractivity contribution < 1.29 is 9.72 Å². The second kappa shape index (κ2) is 6.56. The largest absolute Gasteiger partial charge is 0.320 e. The van der Waals surface area contributed by atoms with E-state index in [4.69, 9.17) is 0 Å². The van der Waals surface area contributed by atoms with Gasteiger partial charge < -0.3 is 5.32 Å². The van der Waals surface area contributed by atoms with Crippen LogP contribution in [0.15, 0.2) is 48.5 Å². The van der Waals surface area contributed by atoms with Crippen LogP contribution in [0.4, 0.5) is 11.4 Å². The lowest BCUT2D eigenvalue weighted by Crippen LogP contribution is -2.13. The summed E-state index contributed by atoms with van der Waals surface area (Å²) in [5, 5.41) is 20.4. The quantitative estimate of drug-likeness (QED) is 0.558. The van der Waals surface area contributed by atoms with Crippen molar-refractivity contribution in [2.24, 2.45) is 0 Å². The van der Waals surface area contributed by atoms with E-state index in [2.05, 4.69) is 15.5 Å². The first kappa shape index (κ1) is 16.4. The molecule has 7 heteroatoms. The predicted molar refractivity (Wildman–Crippen MR) is 94.5 cm³/mol. The molecular weight excluding hydrogens is 320 g/mol. The van der Waals surface area contributed by atoms with Crippen LogP contribution in [-0.2, 0) is 0 Å². The van der Waals surface area contributed by atoms with E-state index in [9.17, 15) is 14.9 Å². The van der Waals surface area contributed by atoms with E-state index in [0.29, 0.717) is 22.6 Å². The standard InChI is InChI=1S/C18H16N4O3/c1-11-3-5-13(6-4-11)16-10-17(21-20-16)18(23)19-15-8-7-14(22(24)25)9-12(15)2/h3-10H,1-2H3,(H,19,23)(H,20,21). The summed E-state index contributed by atoms with van der Waals surface area (Å²) in [7, 11) is 0. The van der Waals surface area contributed by atoms with Gasteiger partial charge in [0, 0.05) is 23.4 Å². The number of nitrogens with one attached hydrogen (secondary N) is 2. The number of non-ortho nitro benzene ring substituents is 1. The van der Waals surface area contributed by atoms with Crippen molar-refractivity contribution in [1.82, 2.24) is 10.2 Å². The number of amides is 1. The fraction of sp³-hybridized carbons (Fsp3) is 0.111. The number of nitro benzene ring substituents is 1. The predicted octanol–water partition coefficient (Wildman–Crippen LogP) is 3.85. The summed E-state index contributed by atoms with van der Waals surface area (Å²) in [4.78, 5) is 22.7. The maximum absolute atomic E-state index is 12.4. The van der Waals surface area contributed by atoms with Gasteiger partial charge in [0.1, 0.15) is 5.69 Å². The smallest absolute Gasteiger partial charge is 0.273 e. The number of nitro groups is 1. The Labute approximate surface area is 143 Å². The molecule has 0 bridgehead atoms. The summed E-state index contributed by atoms with van der Waals surface area (Å²) >= 11 is 0. The molecule has 0 saturated carbocycles. The maximum Gasteiger partial charge on any atom is 0.273 e. The lowest BCUT2D eigenvalue weighted by Gasteiger charge is -2.06. The third kappa shape index (κ3) is 3.55. The molecule has 3 rings (SSSR count). The minimum Gasteiger partial charge on any atom is -0.320 e. The van der Waals surface area contributed by atoms with E-state index < -0.39 is 4.92 Å². The average molecular weight is 336 g/mol. The van der Waals surface area contributed by atoms with Gasteiger partial charge in [-0.1, -0.05) is 29.8 Å². The topological polar surface area (TPSA) is 101 Å². The van der Waals surface area contributed by atoms with Crippen LogP contribution in [0.5, 0.6) is 0 Å². The van der Waals surface area contributed by atoms with E-state index in [-0.39, 0.29) is 11.6 Å². The van der Waals surface area contributed by atoms with Crippen molar-refractivity contribution in [3.63, 3.8) is 0 Å². The molecule has 126 valence electrons. The minimum absolute atomic E-state index is 0.0151. The van der Waals surface area contributed by atoms with Crippen LogP contribution in [-0.4, -0.2) is 21.0 Å². The molecule has 0 atom stereocenters. The molecule has 1 aromatic heterocycles. The highest BCUT2D eigenvalue weighted by Crippen LogP contribution is 2.22. The highest BCUT2D eigenvalue weighted by Gasteiger charge is 2.14. The van der Waals surface area contributed by atoms with Crippen LogP contribution in [0.3, 0.4) is 0 Å². The molecule has 0 saturated heterocycles. The van der Waals surface area contributed by atoms with Crippen LogP contribution in [0, 0.1) is 24.0 Å². The minimum atomic E-state index is -0.471. The molecule has 1 heterocycles. The van der Waals surface area contributed by atoms with Crippen molar-refractivity contribution in [2.75, 3.05) is 5.32 Å². The van der Waals surface area contributed by atoms with Crippen molar-refractivity contribution in [1.29, 1.82) is 0 Å². The van der Waals surface area contributed by atoms with E-state index in [1.54, 1.807) is 13.0 Å². The summed E-state index contributed by atoms with van der Waals surface area (Å²) in [6, 6.07) is 13.8. The monoisotopic (exact) mass is 336 g/mol. The second-order valence-corrected chi connectivity index (χ2v) is 5.74. The van der Waals surface area contributed by atoms with Gasteiger partial charge in [0.15, 0.2) is 0 Å².